The van der Waals surface area contributed by atoms with Gasteiger partial charge in [-0.1, -0.05) is 30.3 Å². The molecule has 190 valence electrons. The first-order valence-electron chi connectivity index (χ1n) is 11.8. The van der Waals surface area contributed by atoms with Crippen LogP contribution in [0.4, 0.5) is 11.4 Å². The van der Waals surface area contributed by atoms with Gasteiger partial charge in [-0.05, 0) is 55.5 Å². The summed E-state index contributed by atoms with van der Waals surface area (Å²) in [6, 6.07) is 22.9. The first-order chi connectivity index (χ1) is 17.3. The maximum absolute atomic E-state index is 13.4. The van der Waals surface area contributed by atoms with Crippen molar-refractivity contribution in [3.05, 3.63) is 78.9 Å². The molecule has 1 amide bonds. The van der Waals surface area contributed by atoms with Gasteiger partial charge in [0.25, 0.3) is 0 Å². The molecule has 0 aromatic heterocycles. The van der Waals surface area contributed by atoms with Gasteiger partial charge in [0.2, 0.25) is 15.9 Å². The van der Waals surface area contributed by atoms with Crippen LogP contribution in [0.25, 0.3) is 0 Å². The highest BCUT2D eigenvalue weighted by Gasteiger charge is 2.33. The molecule has 0 spiro atoms. The number of benzene rings is 3. The van der Waals surface area contributed by atoms with Crippen LogP contribution >= 0.6 is 0 Å². The second-order valence-electron chi connectivity index (χ2n) is 8.63. The van der Waals surface area contributed by atoms with Crippen LogP contribution in [0, 0.1) is 0 Å². The Hall–Kier alpha value is -3.72. The number of hydrogen-bond donors (Lipinski definition) is 0. The number of rotatable bonds is 8. The molecule has 0 N–H and O–H groups in total. The van der Waals surface area contributed by atoms with Crippen molar-refractivity contribution in [2.45, 2.75) is 13.0 Å². The lowest BCUT2D eigenvalue weighted by atomic mass is 10.2. The second-order valence-corrected chi connectivity index (χ2v) is 10.5. The summed E-state index contributed by atoms with van der Waals surface area (Å²) in [4.78, 5) is 17.3. The predicted octanol–water partition coefficient (Wildman–Crippen LogP) is 3.99. The third kappa shape index (κ3) is 5.73. The number of hydrogen-bond acceptors (Lipinski definition) is 6. The Balaban J connectivity index is 1.45. The van der Waals surface area contributed by atoms with Crippen molar-refractivity contribution in [3.8, 4) is 17.2 Å². The van der Waals surface area contributed by atoms with E-state index in [0.717, 1.165) is 17.7 Å². The van der Waals surface area contributed by atoms with Crippen LogP contribution in [0.15, 0.2) is 78.9 Å². The molecule has 3 aromatic rings. The van der Waals surface area contributed by atoms with E-state index >= 15 is 0 Å². The summed E-state index contributed by atoms with van der Waals surface area (Å²) in [5.41, 5.74) is 1.39. The van der Waals surface area contributed by atoms with E-state index in [1.54, 1.807) is 43.2 Å². The van der Waals surface area contributed by atoms with Gasteiger partial charge in [-0.15, -0.1) is 0 Å². The van der Waals surface area contributed by atoms with Crippen LogP contribution in [0.5, 0.6) is 17.2 Å². The third-order valence-electron chi connectivity index (χ3n) is 6.15. The van der Waals surface area contributed by atoms with Crippen LogP contribution < -0.4 is 18.7 Å². The Kier molecular flexibility index (Phi) is 7.69. The lowest BCUT2D eigenvalue weighted by Gasteiger charge is -2.39. The Morgan fingerprint density at radius 3 is 2.06 bits per heavy atom. The van der Waals surface area contributed by atoms with Crippen molar-refractivity contribution in [1.82, 2.24) is 4.90 Å². The number of carbonyl (C=O) groups excluding carboxylic acids is 1. The van der Waals surface area contributed by atoms with Gasteiger partial charge in [-0.3, -0.25) is 9.10 Å². The summed E-state index contributed by atoms with van der Waals surface area (Å²) in [7, 11) is -2.08. The topological polar surface area (TPSA) is 79.4 Å². The summed E-state index contributed by atoms with van der Waals surface area (Å²) in [6.45, 7) is 3.86. The second kappa shape index (κ2) is 10.9. The zero-order chi connectivity index (χ0) is 25.7. The van der Waals surface area contributed by atoms with Crippen molar-refractivity contribution in [2.75, 3.05) is 48.7 Å². The minimum atomic E-state index is -3.72. The fourth-order valence-electron chi connectivity index (χ4n) is 4.41. The highest BCUT2D eigenvalue weighted by Crippen LogP contribution is 2.30. The van der Waals surface area contributed by atoms with E-state index in [4.69, 9.17) is 9.47 Å². The molecule has 1 heterocycles. The van der Waals surface area contributed by atoms with E-state index in [2.05, 4.69) is 4.90 Å². The van der Waals surface area contributed by atoms with Gasteiger partial charge < -0.3 is 19.3 Å². The molecule has 36 heavy (non-hydrogen) atoms. The molecular formula is C27H31N3O5S. The number of para-hydroxylation sites is 3. The van der Waals surface area contributed by atoms with Gasteiger partial charge in [-0.2, -0.15) is 0 Å². The Labute approximate surface area is 212 Å². The van der Waals surface area contributed by atoms with E-state index in [0.29, 0.717) is 43.4 Å². The van der Waals surface area contributed by atoms with Gasteiger partial charge in [-0.25, -0.2) is 8.42 Å². The van der Waals surface area contributed by atoms with Crippen LogP contribution in [0.3, 0.4) is 0 Å². The number of carbonyl (C=O) groups is 1. The molecule has 1 aliphatic heterocycles. The first kappa shape index (κ1) is 25.4. The maximum Gasteiger partial charge on any atom is 0.246 e. The summed E-state index contributed by atoms with van der Waals surface area (Å²) >= 11 is 0. The summed E-state index contributed by atoms with van der Waals surface area (Å²) in [5.74, 6) is 1.81. The molecule has 1 fully saturated rings. The number of ether oxygens (including phenoxy) is 2. The molecule has 9 heteroatoms. The smallest absolute Gasteiger partial charge is 0.246 e. The molecule has 8 nitrogen and oxygen atoms in total. The Morgan fingerprint density at radius 2 is 1.44 bits per heavy atom. The molecule has 4 rings (SSSR count). The maximum atomic E-state index is 13.4. The van der Waals surface area contributed by atoms with Crippen molar-refractivity contribution in [2.24, 2.45) is 0 Å². The van der Waals surface area contributed by atoms with Crippen molar-refractivity contribution in [3.63, 3.8) is 0 Å². The monoisotopic (exact) mass is 509 g/mol. The van der Waals surface area contributed by atoms with Crippen LogP contribution in [-0.2, 0) is 14.8 Å². The quantitative estimate of drug-likeness (QED) is 0.457. The van der Waals surface area contributed by atoms with Crippen molar-refractivity contribution >= 4 is 27.3 Å². The SMILES string of the molecule is COc1ccccc1N1CCN(C(=O)[C@@H](C)N(c2ccc(Oc3ccccc3)cc2)S(C)(=O)=O)CC1. The van der Waals surface area contributed by atoms with Gasteiger partial charge in [0, 0.05) is 26.2 Å². The summed E-state index contributed by atoms with van der Waals surface area (Å²) in [6.07, 6.45) is 1.12. The standard InChI is InChI=1S/C27H31N3O5S/c1-21(27(31)29-19-17-28(18-20-29)25-11-7-8-12-26(25)34-2)30(36(3,32)33)22-13-15-24(16-14-22)35-23-9-5-4-6-10-23/h4-16,21H,17-20H2,1-3H3/t21-/m1/s1. The summed E-state index contributed by atoms with van der Waals surface area (Å²) in [5, 5.41) is 0. The number of amides is 1. The van der Waals surface area contributed by atoms with Crippen molar-refractivity contribution < 1.29 is 22.7 Å². The average Bonchev–Trinajstić information content (AvgIpc) is 2.89. The number of methoxy groups -OCH3 is 1. The number of nitrogens with zero attached hydrogens (tertiary/aromatic N) is 3. The number of sulfonamides is 1. The fourth-order valence-corrected chi connectivity index (χ4v) is 5.58. The zero-order valence-electron chi connectivity index (χ0n) is 20.7. The predicted molar refractivity (Wildman–Crippen MR) is 142 cm³/mol. The molecule has 3 aromatic carbocycles. The number of piperazine rings is 1. The molecule has 1 atom stereocenters. The molecule has 0 saturated carbocycles. The first-order valence-corrected chi connectivity index (χ1v) is 13.6. The van der Waals surface area contributed by atoms with E-state index in [9.17, 15) is 13.2 Å². The largest absolute Gasteiger partial charge is 0.495 e. The molecule has 1 saturated heterocycles. The van der Waals surface area contributed by atoms with Crippen LogP contribution in [0.1, 0.15) is 6.92 Å². The Morgan fingerprint density at radius 1 is 0.861 bits per heavy atom. The zero-order valence-corrected chi connectivity index (χ0v) is 21.5. The third-order valence-corrected chi connectivity index (χ3v) is 7.40. The Bertz CT molecular complexity index is 1270. The van der Waals surface area contributed by atoms with Gasteiger partial charge >= 0.3 is 0 Å². The minimum Gasteiger partial charge on any atom is -0.495 e. The van der Waals surface area contributed by atoms with Gasteiger partial charge in [0.05, 0.1) is 24.7 Å². The minimum absolute atomic E-state index is 0.232. The molecule has 0 radical (unpaired) electrons. The van der Waals surface area contributed by atoms with Gasteiger partial charge in [0.15, 0.2) is 0 Å². The molecular weight excluding hydrogens is 478 g/mol. The van der Waals surface area contributed by atoms with E-state index < -0.39 is 16.1 Å². The van der Waals surface area contributed by atoms with E-state index in [-0.39, 0.29) is 5.91 Å². The molecule has 0 unspecified atom stereocenters. The highest BCUT2D eigenvalue weighted by molar-refractivity contribution is 7.92. The van der Waals surface area contributed by atoms with Crippen molar-refractivity contribution in [1.29, 1.82) is 0 Å². The lowest BCUT2D eigenvalue weighted by Crippen LogP contribution is -2.55. The van der Waals surface area contributed by atoms with Crippen LogP contribution in [0.2, 0.25) is 0 Å². The van der Waals surface area contributed by atoms with E-state index in [1.165, 1.54) is 4.31 Å². The summed E-state index contributed by atoms with van der Waals surface area (Å²) < 4.78 is 37.9. The fraction of sp³-hybridized carbons (Fsp3) is 0.296. The van der Waals surface area contributed by atoms with Crippen LogP contribution in [-0.4, -0.2) is 64.8 Å². The van der Waals surface area contributed by atoms with Gasteiger partial charge in [0.1, 0.15) is 23.3 Å². The lowest BCUT2D eigenvalue weighted by molar-refractivity contribution is -0.132. The molecule has 0 bridgehead atoms. The normalized spacial score (nSPS) is 14.8. The number of anilines is 2. The average molecular weight is 510 g/mol. The van der Waals surface area contributed by atoms with E-state index in [1.807, 2.05) is 54.6 Å². The molecule has 0 aliphatic carbocycles. The molecule has 1 aliphatic rings. The highest BCUT2D eigenvalue weighted by atomic mass is 32.2.